The molecule has 4 N–H and O–H groups in total. The number of carbonyl (C=O) groups is 6. The molecule has 0 aliphatic heterocycles. The Balaban J connectivity index is 0.000000346. The number of aliphatic carboxylic acids is 1. The largest absolute Gasteiger partial charge is 0.479 e. The molecule has 0 spiro atoms. The quantitative estimate of drug-likeness (QED) is 0.149. The first kappa shape index (κ1) is 39.0. The number of carboxylic acids is 1. The van der Waals surface area contributed by atoms with E-state index < -0.39 is 36.2 Å². The molecule has 3 atom stereocenters. The van der Waals surface area contributed by atoms with Gasteiger partial charge in [0.05, 0.1) is 13.2 Å². The molecule has 0 fully saturated rings. The molecule has 0 radical (unpaired) electrons. The Morgan fingerprint density at radius 3 is 1.00 bits per heavy atom. The first-order valence-corrected chi connectivity index (χ1v) is 14.3. The van der Waals surface area contributed by atoms with Gasteiger partial charge in [0.25, 0.3) is 0 Å². The molecule has 0 aliphatic carbocycles. The van der Waals surface area contributed by atoms with Crippen molar-refractivity contribution in [2.75, 3.05) is 13.2 Å². The van der Waals surface area contributed by atoms with Crippen LogP contribution in [0.2, 0.25) is 0 Å². The number of rotatable bonds is 14. The number of esters is 2. The van der Waals surface area contributed by atoms with Crippen LogP contribution in [0.4, 0.5) is 0 Å². The van der Waals surface area contributed by atoms with Gasteiger partial charge in [0.15, 0.2) is 35.7 Å². The Kier molecular flexibility index (Phi) is 18.3. The summed E-state index contributed by atoms with van der Waals surface area (Å²) in [6.07, 6.45) is -5.27. The summed E-state index contributed by atoms with van der Waals surface area (Å²) in [4.78, 5) is 67.0. The van der Waals surface area contributed by atoms with Crippen LogP contribution in [-0.4, -0.2) is 87.2 Å². The van der Waals surface area contributed by atoms with E-state index in [9.17, 15) is 39.0 Å². The van der Waals surface area contributed by atoms with Crippen molar-refractivity contribution in [1.82, 2.24) is 0 Å². The maximum absolute atomic E-state index is 11.6. The highest BCUT2D eigenvalue weighted by Crippen LogP contribution is 2.08. The van der Waals surface area contributed by atoms with Gasteiger partial charge >= 0.3 is 17.9 Å². The van der Waals surface area contributed by atoms with Gasteiger partial charge in [-0.05, 0) is 13.8 Å². The molecule has 12 nitrogen and oxygen atoms in total. The Bertz CT molecular complexity index is 1320. The second-order valence-corrected chi connectivity index (χ2v) is 9.37. The van der Waals surface area contributed by atoms with Gasteiger partial charge in [0.1, 0.15) is 0 Å². The molecular formula is C34H38O12. The van der Waals surface area contributed by atoms with Crippen LogP contribution in [0.15, 0.2) is 91.0 Å². The van der Waals surface area contributed by atoms with E-state index in [-0.39, 0.29) is 49.8 Å². The van der Waals surface area contributed by atoms with Crippen molar-refractivity contribution in [1.29, 1.82) is 0 Å². The minimum atomic E-state index is -1.62. The Labute approximate surface area is 266 Å². The highest BCUT2D eigenvalue weighted by atomic mass is 16.5. The molecule has 0 amide bonds. The van der Waals surface area contributed by atoms with Gasteiger partial charge in [-0.15, -0.1) is 0 Å². The second-order valence-electron chi connectivity index (χ2n) is 9.37. The minimum Gasteiger partial charge on any atom is -0.479 e. The van der Waals surface area contributed by atoms with E-state index in [0.29, 0.717) is 16.7 Å². The fourth-order valence-corrected chi connectivity index (χ4v) is 3.48. The van der Waals surface area contributed by atoms with E-state index in [0.717, 1.165) is 0 Å². The lowest BCUT2D eigenvalue weighted by molar-refractivity contribution is -0.153. The Hall–Kier alpha value is -5.04. The molecule has 3 rings (SSSR count). The van der Waals surface area contributed by atoms with Crippen molar-refractivity contribution in [3.05, 3.63) is 108 Å². The number of aliphatic hydroxyl groups excluding tert-OH is 3. The summed E-state index contributed by atoms with van der Waals surface area (Å²) < 4.78 is 9.20. The molecule has 3 aromatic rings. The van der Waals surface area contributed by atoms with Gasteiger partial charge in [-0.2, -0.15) is 0 Å². The predicted octanol–water partition coefficient (Wildman–Crippen LogP) is 3.07. The van der Waals surface area contributed by atoms with Crippen molar-refractivity contribution >= 4 is 35.3 Å². The number of benzene rings is 3. The van der Waals surface area contributed by atoms with Crippen molar-refractivity contribution < 1.29 is 58.7 Å². The molecule has 0 aromatic heterocycles. The average Bonchev–Trinajstić information content (AvgIpc) is 3.06. The summed E-state index contributed by atoms with van der Waals surface area (Å²) in [7, 11) is 0. The van der Waals surface area contributed by atoms with Gasteiger partial charge in [0.2, 0.25) is 0 Å². The molecule has 46 heavy (non-hydrogen) atoms. The summed E-state index contributed by atoms with van der Waals surface area (Å²) in [5, 5.41) is 36.1. The van der Waals surface area contributed by atoms with Crippen LogP contribution in [0.3, 0.4) is 0 Å². The zero-order valence-electron chi connectivity index (χ0n) is 25.5. The summed E-state index contributed by atoms with van der Waals surface area (Å²) in [5.74, 6) is -3.82. The second kappa shape index (κ2) is 21.6. The predicted molar refractivity (Wildman–Crippen MR) is 165 cm³/mol. The van der Waals surface area contributed by atoms with E-state index in [2.05, 4.69) is 9.47 Å². The molecule has 3 aromatic carbocycles. The molecule has 0 saturated heterocycles. The summed E-state index contributed by atoms with van der Waals surface area (Å²) in [6.45, 7) is 3.66. The van der Waals surface area contributed by atoms with Gasteiger partial charge in [-0.25, -0.2) is 14.4 Å². The molecule has 12 heteroatoms. The van der Waals surface area contributed by atoms with E-state index in [1.165, 1.54) is 0 Å². The van der Waals surface area contributed by atoms with Crippen LogP contribution in [-0.2, 0) is 23.9 Å². The van der Waals surface area contributed by atoms with E-state index >= 15 is 0 Å². The molecule has 0 saturated carbocycles. The third-order valence-corrected chi connectivity index (χ3v) is 5.83. The third kappa shape index (κ3) is 15.1. The lowest BCUT2D eigenvalue weighted by atomic mass is 10.1. The van der Waals surface area contributed by atoms with Gasteiger partial charge in [-0.3, -0.25) is 14.4 Å². The van der Waals surface area contributed by atoms with Crippen molar-refractivity contribution in [3.8, 4) is 0 Å². The number of aliphatic hydroxyl groups is 3. The zero-order valence-corrected chi connectivity index (χ0v) is 25.5. The zero-order chi connectivity index (χ0) is 34.5. The molecular weight excluding hydrogens is 600 g/mol. The number of carboxylic acid groups (broad SMARTS) is 1. The monoisotopic (exact) mass is 638 g/mol. The number of carbonyl (C=O) groups excluding carboxylic acids is 5. The van der Waals surface area contributed by atoms with Crippen molar-refractivity contribution in [3.63, 3.8) is 0 Å². The van der Waals surface area contributed by atoms with Crippen LogP contribution in [0.1, 0.15) is 64.2 Å². The number of ether oxygens (including phenoxy) is 2. The van der Waals surface area contributed by atoms with Gasteiger partial charge in [0, 0.05) is 36.0 Å². The van der Waals surface area contributed by atoms with Crippen molar-refractivity contribution in [2.24, 2.45) is 0 Å². The molecule has 0 heterocycles. The minimum absolute atomic E-state index is 0.190. The van der Waals surface area contributed by atoms with Crippen LogP contribution >= 0.6 is 0 Å². The first-order valence-electron chi connectivity index (χ1n) is 14.3. The Morgan fingerprint density at radius 1 is 0.500 bits per heavy atom. The van der Waals surface area contributed by atoms with Crippen LogP contribution in [0, 0.1) is 0 Å². The molecule has 246 valence electrons. The standard InChI is InChI=1S/2C12H14O4.C10H10O4/c2*1-2-16-12(15)11(14)8-10(13)9-6-4-3-5-7-9;11-8(6-9(12)10(13)14)7-4-2-1-3-5-7/h2*3-7,11,14H,2,8H2,1H3;1-5,9,12H,6H2,(H,13,14)/t11-;;9-/m1.0/s1. The highest BCUT2D eigenvalue weighted by molar-refractivity contribution is 5.99. The van der Waals surface area contributed by atoms with E-state index in [4.69, 9.17) is 10.2 Å². The lowest BCUT2D eigenvalue weighted by Crippen LogP contribution is -2.26. The topological polar surface area (TPSA) is 202 Å². The summed E-state index contributed by atoms with van der Waals surface area (Å²) in [6, 6.07) is 25.3. The lowest BCUT2D eigenvalue weighted by Gasteiger charge is -2.08. The van der Waals surface area contributed by atoms with Crippen molar-refractivity contribution in [2.45, 2.75) is 51.4 Å². The van der Waals surface area contributed by atoms with Crippen LogP contribution in [0.5, 0.6) is 0 Å². The molecule has 1 unspecified atom stereocenters. The molecule has 0 aliphatic rings. The fraction of sp³-hybridized carbons (Fsp3) is 0.294. The van der Waals surface area contributed by atoms with Crippen LogP contribution < -0.4 is 0 Å². The number of Topliss-reactive ketones (excluding diaryl/α,β-unsaturated/α-hetero) is 3. The summed E-state index contributed by atoms with van der Waals surface area (Å²) >= 11 is 0. The van der Waals surface area contributed by atoms with E-state index in [1.807, 2.05) is 0 Å². The van der Waals surface area contributed by atoms with Gasteiger partial charge < -0.3 is 29.9 Å². The third-order valence-electron chi connectivity index (χ3n) is 5.83. The maximum Gasteiger partial charge on any atom is 0.335 e. The maximum atomic E-state index is 11.6. The van der Waals surface area contributed by atoms with Gasteiger partial charge in [-0.1, -0.05) is 91.0 Å². The molecule has 0 bridgehead atoms. The number of hydrogen-bond acceptors (Lipinski definition) is 11. The van der Waals surface area contributed by atoms with Crippen LogP contribution in [0.25, 0.3) is 0 Å². The smallest absolute Gasteiger partial charge is 0.335 e. The highest BCUT2D eigenvalue weighted by Gasteiger charge is 2.22. The van der Waals surface area contributed by atoms with E-state index in [1.54, 1.807) is 105 Å². The first-order chi connectivity index (χ1) is 21.9. The average molecular weight is 639 g/mol. The number of hydrogen-bond donors (Lipinski definition) is 4. The number of ketones is 3. The SMILES string of the molecule is CCOC(=O)C(O)CC(=O)c1ccccc1.CCOC(=O)[C@H](O)CC(=O)c1ccccc1.O=C(C[C@H](O)C(=O)O)c1ccccc1. The Morgan fingerprint density at radius 2 is 0.761 bits per heavy atom. The fourth-order valence-electron chi connectivity index (χ4n) is 3.48. The summed E-state index contributed by atoms with van der Waals surface area (Å²) in [5.41, 5.74) is 1.37. The normalized spacial score (nSPS) is 11.9.